The molecule has 2 aromatic rings. The van der Waals surface area contributed by atoms with Gasteiger partial charge in [0.05, 0.1) is 6.04 Å². The average molecular weight is 322 g/mol. The fraction of sp³-hybridized carbons (Fsp3) is 0.381. The molecule has 24 heavy (non-hydrogen) atoms. The van der Waals surface area contributed by atoms with Gasteiger partial charge in [0.1, 0.15) is 0 Å². The quantitative estimate of drug-likeness (QED) is 0.778. The van der Waals surface area contributed by atoms with Crippen LogP contribution in [0.25, 0.3) is 0 Å². The summed E-state index contributed by atoms with van der Waals surface area (Å²) in [6, 6.07) is 16.4. The van der Waals surface area contributed by atoms with Crippen LogP contribution in [0.3, 0.4) is 0 Å². The fourth-order valence-electron chi connectivity index (χ4n) is 3.52. The molecule has 3 rings (SSSR count). The van der Waals surface area contributed by atoms with Gasteiger partial charge in [0.25, 0.3) is 0 Å². The van der Waals surface area contributed by atoms with Crippen LogP contribution in [0.2, 0.25) is 0 Å². The Kier molecular flexibility index (Phi) is 5.31. The summed E-state index contributed by atoms with van der Waals surface area (Å²) < 4.78 is 0. The monoisotopic (exact) mass is 322 g/mol. The zero-order chi connectivity index (χ0) is 16.9. The lowest BCUT2D eigenvalue weighted by atomic mass is 9.97. The molecule has 126 valence electrons. The summed E-state index contributed by atoms with van der Waals surface area (Å²) in [4.78, 5) is 15.4. The Bertz CT molecular complexity index is 696. The number of fused-ring (bicyclic) bond motifs is 1. The molecule has 0 saturated heterocycles. The highest BCUT2D eigenvalue weighted by atomic mass is 16.1. The molecule has 0 aliphatic carbocycles. The predicted molar refractivity (Wildman–Crippen MR) is 99.6 cm³/mol. The first-order valence-corrected chi connectivity index (χ1v) is 8.92. The summed E-state index contributed by atoms with van der Waals surface area (Å²) in [7, 11) is 0. The first-order chi connectivity index (χ1) is 11.7. The van der Waals surface area contributed by atoms with Gasteiger partial charge in [0.2, 0.25) is 0 Å². The van der Waals surface area contributed by atoms with Crippen molar-refractivity contribution in [2.24, 2.45) is 0 Å². The van der Waals surface area contributed by atoms with E-state index >= 15 is 0 Å². The second-order valence-corrected chi connectivity index (χ2v) is 6.39. The van der Waals surface area contributed by atoms with Crippen molar-refractivity contribution in [3.8, 4) is 0 Å². The van der Waals surface area contributed by atoms with Gasteiger partial charge in [-0.3, -0.25) is 9.69 Å². The lowest BCUT2D eigenvalue weighted by molar-refractivity contribution is 0.0807. The Morgan fingerprint density at radius 1 is 1.17 bits per heavy atom. The molecule has 1 heterocycles. The third-order valence-electron chi connectivity index (χ3n) is 4.86. The highest BCUT2D eigenvalue weighted by molar-refractivity contribution is 6.00. The molecular formula is C21H26N2O. The maximum atomic E-state index is 13.1. The van der Waals surface area contributed by atoms with E-state index in [4.69, 9.17) is 0 Å². The van der Waals surface area contributed by atoms with E-state index in [1.807, 2.05) is 12.1 Å². The van der Waals surface area contributed by atoms with Crippen LogP contribution in [0.4, 0.5) is 5.69 Å². The molecule has 1 N–H and O–H groups in total. The lowest BCUT2D eigenvalue weighted by Gasteiger charge is -2.29. The number of likely N-dealkylation sites (N-methyl/N-ethyl adjacent to an activating group) is 1. The summed E-state index contributed by atoms with van der Waals surface area (Å²) in [5, 5.41) is 3.35. The molecule has 1 atom stereocenters. The number of hydrogen-bond donors (Lipinski definition) is 1. The number of nitrogens with zero attached hydrogens (tertiary/aromatic N) is 1. The molecule has 1 aliphatic rings. The molecule has 1 unspecified atom stereocenters. The van der Waals surface area contributed by atoms with Crippen molar-refractivity contribution in [3.63, 3.8) is 0 Å². The van der Waals surface area contributed by atoms with Crippen molar-refractivity contribution in [1.82, 2.24) is 4.90 Å². The summed E-state index contributed by atoms with van der Waals surface area (Å²) >= 11 is 0. The van der Waals surface area contributed by atoms with E-state index in [1.54, 1.807) is 0 Å². The van der Waals surface area contributed by atoms with E-state index < -0.39 is 0 Å². The summed E-state index contributed by atoms with van der Waals surface area (Å²) in [6.07, 6.45) is 1.84. The van der Waals surface area contributed by atoms with Gasteiger partial charge in [-0.05, 0) is 48.7 Å². The maximum absolute atomic E-state index is 13.1. The number of benzene rings is 2. The number of Topliss-reactive ketones (excluding diaryl/α,β-unsaturated/α-hetero) is 1. The van der Waals surface area contributed by atoms with Crippen LogP contribution in [0.1, 0.15) is 41.8 Å². The highest BCUT2D eigenvalue weighted by Crippen LogP contribution is 2.25. The standard InChI is InChI=1S/C21H26N2O/c1-3-20(23(4-2)15-16-8-6-5-7-9-16)21(24)18-10-11-19-17(14-18)12-13-22-19/h5-11,14,20,22H,3-4,12-13,15H2,1-2H3. The van der Waals surface area contributed by atoms with Crippen molar-refractivity contribution in [3.05, 3.63) is 65.2 Å². The van der Waals surface area contributed by atoms with Gasteiger partial charge in [-0.25, -0.2) is 0 Å². The van der Waals surface area contributed by atoms with Gasteiger partial charge in [-0.15, -0.1) is 0 Å². The minimum atomic E-state index is -0.0670. The van der Waals surface area contributed by atoms with Crippen LogP contribution < -0.4 is 5.32 Å². The smallest absolute Gasteiger partial charge is 0.179 e. The predicted octanol–water partition coefficient (Wildman–Crippen LogP) is 4.14. The molecule has 0 saturated carbocycles. The van der Waals surface area contributed by atoms with Gasteiger partial charge < -0.3 is 5.32 Å². The molecular weight excluding hydrogens is 296 g/mol. The fourth-order valence-corrected chi connectivity index (χ4v) is 3.52. The normalized spacial score (nSPS) is 14.3. The summed E-state index contributed by atoms with van der Waals surface area (Å²) in [5.74, 6) is 0.241. The number of nitrogens with one attached hydrogen (secondary N) is 1. The zero-order valence-corrected chi connectivity index (χ0v) is 14.6. The highest BCUT2D eigenvalue weighted by Gasteiger charge is 2.25. The Hall–Kier alpha value is -2.13. The first-order valence-electron chi connectivity index (χ1n) is 8.92. The van der Waals surface area contributed by atoms with E-state index in [0.29, 0.717) is 0 Å². The Labute approximate surface area is 144 Å². The van der Waals surface area contributed by atoms with Crippen molar-refractivity contribution in [2.75, 3.05) is 18.4 Å². The minimum absolute atomic E-state index is 0.0670. The molecule has 0 radical (unpaired) electrons. The molecule has 0 spiro atoms. The van der Waals surface area contributed by atoms with E-state index in [-0.39, 0.29) is 11.8 Å². The van der Waals surface area contributed by atoms with Crippen LogP contribution >= 0.6 is 0 Å². The van der Waals surface area contributed by atoms with Crippen LogP contribution in [0, 0.1) is 0 Å². The molecule has 0 aromatic heterocycles. The number of rotatable bonds is 7. The first kappa shape index (κ1) is 16.7. The minimum Gasteiger partial charge on any atom is -0.384 e. The third-order valence-corrected chi connectivity index (χ3v) is 4.86. The molecule has 1 aliphatic heterocycles. The van der Waals surface area contributed by atoms with Gasteiger partial charge in [-0.2, -0.15) is 0 Å². The van der Waals surface area contributed by atoms with E-state index in [1.165, 1.54) is 16.8 Å². The molecule has 2 aromatic carbocycles. The molecule has 0 bridgehead atoms. The molecule has 3 nitrogen and oxygen atoms in total. The van der Waals surface area contributed by atoms with Gasteiger partial charge in [-0.1, -0.05) is 44.2 Å². The second kappa shape index (κ2) is 7.63. The Morgan fingerprint density at radius 2 is 1.96 bits per heavy atom. The van der Waals surface area contributed by atoms with Gasteiger partial charge >= 0.3 is 0 Å². The second-order valence-electron chi connectivity index (χ2n) is 6.39. The topological polar surface area (TPSA) is 32.3 Å². The summed E-state index contributed by atoms with van der Waals surface area (Å²) in [5.41, 5.74) is 4.54. The van der Waals surface area contributed by atoms with E-state index in [2.05, 4.69) is 60.5 Å². The Morgan fingerprint density at radius 3 is 2.67 bits per heavy atom. The van der Waals surface area contributed by atoms with Crippen LogP contribution in [0.5, 0.6) is 0 Å². The third kappa shape index (κ3) is 3.51. The number of carbonyl (C=O) groups is 1. The maximum Gasteiger partial charge on any atom is 0.179 e. The van der Waals surface area contributed by atoms with Crippen LogP contribution in [0.15, 0.2) is 48.5 Å². The zero-order valence-electron chi connectivity index (χ0n) is 14.6. The average Bonchev–Trinajstić information content (AvgIpc) is 3.09. The Balaban J connectivity index is 1.79. The molecule has 3 heteroatoms. The number of carbonyl (C=O) groups excluding carboxylic acids is 1. The molecule has 0 fully saturated rings. The SMILES string of the molecule is CCC(C(=O)c1ccc2c(c1)CCN2)N(CC)Cc1ccccc1. The number of anilines is 1. The van der Waals surface area contributed by atoms with Crippen molar-refractivity contribution >= 4 is 11.5 Å². The largest absolute Gasteiger partial charge is 0.384 e. The van der Waals surface area contributed by atoms with Crippen molar-refractivity contribution < 1.29 is 4.79 Å². The van der Waals surface area contributed by atoms with Crippen LogP contribution in [-0.4, -0.2) is 29.8 Å². The van der Waals surface area contributed by atoms with E-state index in [9.17, 15) is 4.79 Å². The van der Waals surface area contributed by atoms with Gasteiger partial charge in [0.15, 0.2) is 5.78 Å². The van der Waals surface area contributed by atoms with Gasteiger partial charge in [0, 0.05) is 24.3 Å². The van der Waals surface area contributed by atoms with Crippen molar-refractivity contribution in [1.29, 1.82) is 0 Å². The number of hydrogen-bond acceptors (Lipinski definition) is 3. The van der Waals surface area contributed by atoms with E-state index in [0.717, 1.165) is 38.0 Å². The lowest BCUT2D eigenvalue weighted by Crippen LogP contribution is -2.40. The number of ketones is 1. The summed E-state index contributed by atoms with van der Waals surface area (Å²) in [6.45, 7) is 6.88. The van der Waals surface area contributed by atoms with Crippen molar-refractivity contribution in [2.45, 2.75) is 39.3 Å². The van der Waals surface area contributed by atoms with Crippen LogP contribution in [-0.2, 0) is 13.0 Å². The molecule has 0 amide bonds.